The van der Waals surface area contributed by atoms with Crippen LogP contribution < -0.4 is 9.47 Å². The lowest BCUT2D eigenvalue weighted by atomic mass is 9.45. The van der Waals surface area contributed by atoms with Crippen molar-refractivity contribution in [3.05, 3.63) is 127 Å². The zero-order chi connectivity index (χ0) is 52.8. The van der Waals surface area contributed by atoms with Crippen LogP contribution in [0.15, 0.2) is 146 Å². The van der Waals surface area contributed by atoms with E-state index in [-0.39, 0.29) is 43.8 Å². The molecule has 1 heterocycles. The maximum atomic E-state index is 14.7. The van der Waals surface area contributed by atoms with Crippen molar-refractivity contribution >= 4 is 46.1 Å². The molecule has 14 heteroatoms. The topological polar surface area (TPSA) is 182 Å². The van der Waals surface area contributed by atoms with E-state index in [4.69, 9.17) is 24.2 Å². The van der Waals surface area contributed by atoms with Crippen molar-refractivity contribution < 1.29 is 28.5 Å². The van der Waals surface area contributed by atoms with E-state index in [1.54, 1.807) is 36.4 Å². The van der Waals surface area contributed by atoms with Crippen molar-refractivity contribution in [3.8, 4) is 17.6 Å². The highest BCUT2D eigenvalue weighted by Gasteiger charge is 2.61. The van der Waals surface area contributed by atoms with Gasteiger partial charge in [0.2, 0.25) is 0 Å². The molecule has 14 nitrogen and oxygen atoms in total. The normalized spacial score (nSPS) is 14.8. The average Bonchev–Trinajstić information content (AvgIpc) is 3.34. The SMILES string of the molecule is CCC(C)(C(C)(C)CC(C)(C(=O)OCCOc1ccc(N=Nc2ccc(C#N)nc2)cc1)C(C)(C)C)C(C)(CC(C)(C)C)C(=O)OCCOc1ccc(N=Nc2ccc(N=Nc3ccccc3)cc2)cc1C. The van der Waals surface area contributed by atoms with Crippen molar-refractivity contribution in [3.63, 3.8) is 0 Å². The summed E-state index contributed by atoms with van der Waals surface area (Å²) in [6.45, 7) is 27.6. The minimum Gasteiger partial charge on any atom is -0.490 e. The number of azo groups is 3. The van der Waals surface area contributed by atoms with Gasteiger partial charge in [0.1, 0.15) is 55.4 Å². The van der Waals surface area contributed by atoms with Crippen LogP contribution in [0.5, 0.6) is 11.5 Å². The molecule has 0 aliphatic carbocycles. The van der Waals surface area contributed by atoms with Gasteiger partial charge in [0.15, 0.2) is 0 Å². The first-order valence-corrected chi connectivity index (χ1v) is 24.5. The van der Waals surface area contributed by atoms with E-state index in [1.807, 2.05) is 99.6 Å². The highest BCUT2D eigenvalue weighted by atomic mass is 16.6. The van der Waals surface area contributed by atoms with Gasteiger partial charge < -0.3 is 18.9 Å². The molecular formula is C58H72N8O6. The fourth-order valence-electron chi connectivity index (χ4n) is 9.19. The van der Waals surface area contributed by atoms with Crippen molar-refractivity contribution in [2.24, 2.45) is 63.2 Å². The van der Waals surface area contributed by atoms with E-state index < -0.39 is 27.1 Å². The summed E-state index contributed by atoms with van der Waals surface area (Å²) in [4.78, 5) is 33.0. The summed E-state index contributed by atoms with van der Waals surface area (Å²) in [6, 6.07) is 34.8. The van der Waals surface area contributed by atoms with Crippen molar-refractivity contribution in [2.45, 2.75) is 109 Å². The molecule has 72 heavy (non-hydrogen) atoms. The van der Waals surface area contributed by atoms with Crippen LogP contribution in [0.4, 0.5) is 34.1 Å². The predicted octanol–water partition coefficient (Wildman–Crippen LogP) is 16.4. The third-order valence-electron chi connectivity index (χ3n) is 14.1. The molecule has 0 aliphatic rings. The summed E-state index contributed by atoms with van der Waals surface area (Å²) < 4.78 is 24.3. The standard InChI is InChI=1S/C58H72N8O6/c1-14-58(13,55(9,10)40-56(11,54(6,7)8)51(67)71-34-32-69-49-29-26-45(27-30-49)64-66-48-25-24-47(37-59)60-38-48)57(12,39-53(3,4)5)52(68)72-35-33-70-50-31-28-46(36-41(50)2)65-63-44-22-20-43(21-23-44)62-61-42-18-16-15-17-19-42/h15-31,36,38H,14,32-35,39-40H2,1-13H3. The molecule has 0 amide bonds. The molecule has 0 saturated carbocycles. The second-order valence-electron chi connectivity index (χ2n) is 21.8. The molecule has 1 aromatic heterocycles. The number of aryl methyl sites for hydroxylation is 1. The molecule has 0 N–H and O–H groups in total. The summed E-state index contributed by atoms with van der Waals surface area (Å²) in [6.07, 6.45) is 3.14. The molecule has 0 fully saturated rings. The molecular weight excluding hydrogens is 905 g/mol. The smallest absolute Gasteiger partial charge is 0.312 e. The average molecular weight is 977 g/mol. The molecule has 0 radical (unpaired) electrons. The molecule has 0 saturated heterocycles. The Balaban J connectivity index is 1.18. The number of carbonyl (C=O) groups excluding carboxylic acids is 2. The van der Waals surface area contributed by atoms with Crippen molar-refractivity contribution in [2.75, 3.05) is 26.4 Å². The Labute approximate surface area is 426 Å². The highest BCUT2D eigenvalue weighted by Crippen LogP contribution is 2.63. The Hall–Kier alpha value is -7.14. The molecule has 0 bridgehead atoms. The van der Waals surface area contributed by atoms with E-state index in [2.05, 4.69) is 105 Å². The molecule has 0 spiro atoms. The monoisotopic (exact) mass is 977 g/mol. The van der Waals surface area contributed by atoms with Gasteiger partial charge >= 0.3 is 11.9 Å². The Morgan fingerprint density at radius 3 is 1.51 bits per heavy atom. The number of carbonyl (C=O) groups is 2. The van der Waals surface area contributed by atoms with Crippen LogP contribution in [0.1, 0.15) is 114 Å². The lowest BCUT2D eigenvalue weighted by molar-refractivity contribution is -0.185. The lowest BCUT2D eigenvalue weighted by Gasteiger charge is -2.58. The first kappa shape index (κ1) is 55.8. The number of esters is 2. The van der Waals surface area contributed by atoms with Gasteiger partial charge in [-0.3, -0.25) is 9.59 Å². The van der Waals surface area contributed by atoms with Crippen LogP contribution in [0.2, 0.25) is 0 Å². The number of nitrogens with zero attached hydrogens (tertiary/aromatic N) is 8. The van der Waals surface area contributed by atoms with Gasteiger partial charge in [0.25, 0.3) is 0 Å². The van der Waals surface area contributed by atoms with Gasteiger partial charge in [-0.1, -0.05) is 87.4 Å². The maximum absolute atomic E-state index is 14.7. The second-order valence-corrected chi connectivity index (χ2v) is 21.8. The molecule has 380 valence electrons. The van der Waals surface area contributed by atoms with Gasteiger partial charge in [-0.05, 0) is 158 Å². The number of nitriles is 1. The fraction of sp³-hybridized carbons (Fsp3) is 0.448. The van der Waals surface area contributed by atoms with Gasteiger partial charge in [-0.15, -0.1) is 5.11 Å². The number of aromatic nitrogens is 1. The molecule has 5 aromatic rings. The number of hydrogen-bond acceptors (Lipinski definition) is 14. The molecule has 5 rings (SSSR count). The van der Waals surface area contributed by atoms with Gasteiger partial charge in [-0.25, -0.2) is 4.98 Å². The first-order chi connectivity index (χ1) is 33.9. The Morgan fingerprint density at radius 1 is 0.556 bits per heavy atom. The lowest BCUT2D eigenvalue weighted by Crippen LogP contribution is -2.57. The summed E-state index contributed by atoms with van der Waals surface area (Å²) in [5, 5.41) is 34.7. The van der Waals surface area contributed by atoms with Crippen molar-refractivity contribution in [1.82, 2.24) is 4.98 Å². The minimum atomic E-state index is -0.951. The van der Waals surface area contributed by atoms with E-state index in [0.717, 1.165) is 11.3 Å². The number of rotatable bonds is 22. The molecule has 0 aliphatic heterocycles. The summed E-state index contributed by atoms with van der Waals surface area (Å²) in [7, 11) is 0. The quantitative estimate of drug-likeness (QED) is 0.0373. The summed E-state index contributed by atoms with van der Waals surface area (Å²) in [5.74, 6) is 0.626. The first-order valence-electron chi connectivity index (χ1n) is 24.5. The third kappa shape index (κ3) is 14.5. The minimum absolute atomic E-state index is 0.0500. The van der Waals surface area contributed by atoms with Crippen LogP contribution in [0.25, 0.3) is 0 Å². The predicted molar refractivity (Wildman–Crippen MR) is 281 cm³/mol. The number of hydrogen-bond donors (Lipinski definition) is 0. The zero-order valence-corrected chi connectivity index (χ0v) is 44.4. The van der Waals surface area contributed by atoms with E-state index >= 15 is 0 Å². The number of benzene rings is 4. The van der Waals surface area contributed by atoms with Gasteiger partial charge in [0, 0.05) is 0 Å². The van der Waals surface area contributed by atoms with E-state index in [0.29, 0.717) is 64.9 Å². The molecule has 3 atom stereocenters. The van der Waals surface area contributed by atoms with Crippen molar-refractivity contribution in [1.29, 1.82) is 5.26 Å². The van der Waals surface area contributed by atoms with E-state index in [9.17, 15) is 9.59 Å². The number of pyridine rings is 1. The number of ether oxygens (including phenoxy) is 4. The van der Waals surface area contributed by atoms with Gasteiger partial charge in [0.05, 0.1) is 45.5 Å². The van der Waals surface area contributed by atoms with Gasteiger partial charge in [-0.2, -0.15) is 30.8 Å². The largest absolute Gasteiger partial charge is 0.490 e. The van der Waals surface area contributed by atoms with Crippen LogP contribution >= 0.6 is 0 Å². The second kappa shape index (κ2) is 23.8. The van der Waals surface area contributed by atoms with Crippen LogP contribution in [0, 0.1) is 50.7 Å². The van der Waals surface area contributed by atoms with Crippen LogP contribution in [-0.2, 0) is 19.1 Å². The Morgan fingerprint density at radius 2 is 1.03 bits per heavy atom. The Bertz CT molecular complexity index is 2720. The zero-order valence-electron chi connectivity index (χ0n) is 44.4. The van der Waals surface area contributed by atoms with E-state index in [1.165, 1.54) is 6.20 Å². The third-order valence-corrected chi connectivity index (χ3v) is 14.1. The molecule has 3 unspecified atom stereocenters. The fourth-order valence-corrected chi connectivity index (χ4v) is 9.19. The highest BCUT2D eigenvalue weighted by molar-refractivity contribution is 5.79. The maximum Gasteiger partial charge on any atom is 0.312 e. The van der Waals surface area contributed by atoms with Crippen LogP contribution in [-0.4, -0.2) is 43.4 Å². The molecule has 4 aromatic carbocycles. The summed E-state index contributed by atoms with van der Waals surface area (Å²) >= 11 is 0. The Kier molecular flexibility index (Phi) is 18.5. The summed E-state index contributed by atoms with van der Waals surface area (Å²) in [5.41, 5.74) is 1.31. The van der Waals surface area contributed by atoms with Crippen LogP contribution in [0.3, 0.4) is 0 Å².